The lowest BCUT2D eigenvalue weighted by Crippen LogP contribution is -2.43. The number of amides is 1. The molecule has 1 saturated carbocycles. The third kappa shape index (κ3) is 12.2. The number of aliphatic hydroxyl groups is 1. The number of rotatable bonds is 12. The molecule has 1 amide bonds. The maximum absolute atomic E-state index is 12.0. The molecule has 0 aromatic rings. The lowest BCUT2D eigenvalue weighted by Gasteiger charge is -2.34. The smallest absolute Gasteiger partial charge is 0.325 e. The molecule has 10 heteroatoms. The van der Waals surface area contributed by atoms with Gasteiger partial charge < -0.3 is 24.0 Å². The molecule has 0 aromatic heterocycles. The first kappa shape index (κ1) is 27.2. The van der Waals surface area contributed by atoms with Gasteiger partial charge in [0.25, 0.3) is 0 Å². The number of hydrogen-bond acceptors (Lipinski definition) is 6. The quantitative estimate of drug-likeness (QED) is 0.195. The summed E-state index contributed by atoms with van der Waals surface area (Å²) in [6, 6.07) is 1.11. The summed E-state index contributed by atoms with van der Waals surface area (Å²) in [6.45, 7) is 16.3. The first-order valence-corrected chi connectivity index (χ1v) is 19.6. The van der Waals surface area contributed by atoms with E-state index in [-0.39, 0.29) is 12.5 Å². The van der Waals surface area contributed by atoms with Crippen molar-refractivity contribution in [1.82, 2.24) is 5.32 Å². The van der Waals surface area contributed by atoms with Crippen LogP contribution in [0, 0.1) is 5.92 Å². The number of esters is 1. The van der Waals surface area contributed by atoms with Crippen molar-refractivity contribution in [3.05, 3.63) is 12.7 Å². The van der Waals surface area contributed by atoms with E-state index in [1.807, 2.05) is 0 Å². The van der Waals surface area contributed by atoms with Crippen molar-refractivity contribution in [1.29, 1.82) is 0 Å². The van der Waals surface area contributed by atoms with Gasteiger partial charge in [-0.2, -0.15) is 0 Å². The molecule has 0 aliphatic heterocycles. The predicted octanol–water partition coefficient (Wildman–Crippen LogP) is 2.33. The normalized spacial score (nSPS) is 23.0. The van der Waals surface area contributed by atoms with E-state index in [0.717, 1.165) is 25.0 Å². The SMILES string of the molecule is C=CC(=O)NCC(=O)OC1CC(CC[SiH2]C(O[Si](C)(C)C)O[Si](C)(C)C)CCC1O. The summed E-state index contributed by atoms with van der Waals surface area (Å²) in [5.74, 6) is -0.550. The van der Waals surface area contributed by atoms with Gasteiger partial charge in [-0.05, 0) is 70.5 Å². The molecule has 0 bridgehead atoms. The monoisotopic (exact) mass is 475 g/mol. The minimum Gasteiger partial charge on any atom is -0.458 e. The van der Waals surface area contributed by atoms with Crippen molar-refractivity contribution >= 4 is 38.0 Å². The van der Waals surface area contributed by atoms with Gasteiger partial charge in [0.1, 0.15) is 18.6 Å². The van der Waals surface area contributed by atoms with E-state index >= 15 is 0 Å². The van der Waals surface area contributed by atoms with Crippen molar-refractivity contribution in [3.8, 4) is 0 Å². The molecular weight excluding hydrogens is 434 g/mol. The third-order valence-corrected chi connectivity index (χ3v) is 8.99. The van der Waals surface area contributed by atoms with Crippen LogP contribution in [-0.4, -0.2) is 67.8 Å². The summed E-state index contributed by atoms with van der Waals surface area (Å²) in [5, 5.41) is 12.6. The number of carbonyl (C=O) groups excluding carboxylic acids is 2. The van der Waals surface area contributed by atoms with Gasteiger partial charge in [0, 0.05) is 0 Å². The third-order valence-electron chi connectivity index (χ3n) is 4.76. The fourth-order valence-corrected chi connectivity index (χ4v) is 10.4. The summed E-state index contributed by atoms with van der Waals surface area (Å²) in [6.07, 6.45) is 3.22. The van der Waals surface area contributed by atoms with E-state index in [2.05, 4.69) is 51.2 Å². The van der Waals surface area contributed by atoms with Crippen LogP contribution < -0.4 is 5.32 Å². The first-order valence-electron chi connectivity index (χ1n) is 10.9. The number of carbonyl (C=O) groups is 2. The van der Waals surface area contributed by atoms with Gasteiger partial charge in [0.15, 0.2) is 16.6 Å². The van der Waals surface area contributed by atoms with Crippen LogP contribution in [0.3, 0.4) is 0 Å². The highest BCUT2D eigenvalue weighted by molar-refractivity contribution is 6.71. The molecule has 2 N–H and O–H groups in total. The van der Waals surface area contributed by atoms with Crippen LogP contribution in [0.4, 0.5) is 0 Å². The Labute approximate surface area is 186 Å². The lowest BCUT2D eigenvalue weighted by atomic mass is 9.84. The summed E-state index contributed by atoms with van der Waals surface area (Å²) < 4.78 is 18.0. The van der Waals surface area contributed by atoms with Gasteiger partial charge in [0.05, 0.1) is 15.6 Å². The van der Waals surface area contributed by atoms with Gasteiger partial charge in [0.2, 0.25) is 5.91 Å². The minimum absolute atomic E-state index is 0.0142. The topological polar surface area (TPSA) is 94.1 Å². The molecule has 0 saturated heterocycles. The van der Waals surface area contributed by atoms with Gasteiger partial charge in [-0.15, -0.1) is 0 Å². The second kappa shape index (κ2) is 12.3. The van der Waals surface area contributed by atoms with E-state index in [1.165, 1.54) is 0 Å². The maximum Gasteiger partial charge on any atom is 0.325 e. The van der Waals surface area contributed by atoms with Crippen molar-refractivity contribution in [2.24, 2.45) is 5.92 Å². The molecule has 0 heterocycles. The molecule has 0 spiro atoms. The molecule has 1 aliphatic rings. The number of ether oxygens (including phenoxy) is 1. The predicted molar refractivity (Wildman–Crippen MR) is 127 cm³/mol. The van der Waals surface area contributed by atoms with Gasteiger partial charge in [-0.1, -0.05) is 19.0 Å². The number of hydrogen-bond donors (Lipinski definition) is 2. The van der Waals surface area contributed by atoms with E-state index in [0.29, 0.717) is 18.8 Å². The highest BCUT2D eigenvalue weighted by Gasteiger charge is 2.32. The Kier molecular flexibility index (Phi) is 11.2. The van der Waals surface area contributed by atoms with Crippen LogP contribution in [0.15, 0.2) is 12.7 Å². The Morgan fingerprint density at radius 2 is 1.77 bits per heavy atom. The van der Waals surface area contributed by atoms with Crippen LogP contribution >= 0.6 is 0 Å². The van der Waals surface area contributed by atoms with Crippen LogP contribution in [0.2, 0.25) is 45.3 Å². The van der Waals surface area contributed by atoms with Crippen LogP contribution in [-0.2, 0) is 23.2 Å². The van der Waals surface area contributed by atoms with Crippen molar-refractivity contribution < 1.29 is 28.3 Å². The standard InChI is InChI=1S/C20H41NO6Si3/c1-8-18(23)21-14-19(24)25-17-13-15(9-10-16(17)22)11-12-28-20(26-29(2,3)4)27-30(5,6)7/h8,15-17,20,22H,1,9-14,28H2,2-7H3,(H,21,23). The molecule has 1 aliphatic carbocycles. The Hall–Kier alpha value is -0.789. The summed E-state index contributed by atoms with van der Waals surface area (Å²) >= 11 is 0. The van der Waals surface area contributed by atoms with Crippen LogP contribution in [0.1, 0.15) is 25.7 Å². The first-order chi connectivity index (χ1) is 13.8. The molecule has 3 unspecified atom stereocenters. The van der Waals surface area contributed by atoms with Gasteiger partial charge in [-0.25, -0.2) is 0 Å². The van der Waals surface area contributed by atoms with E-state index in [4.69, 9.17) is 13.6 Å². The molecule has 1 fully saturated rings. The maximum atomic E-state index is 12.0. The van der Waals surface area contributed by atoms with Crippen molar-refractivity contribution in [2.75, 3.05) is 6.54 Å². The molecule has 30 heavy (non-hydrogen) atoms. The van der Waals surface area contributed by atoms with Gasteiger partial charge >= 0.3 is 5.97 Å². The number of aliphatic hydroxyl groups excluding tert-OH is 1. The molecule has 0 radical (unpaired) electrons. The molecular formula is C20H41NO6Si3. The fourth-order valence-electron chi connectivity index (χ4n) is 3.53. The summed E-state index contributed by atoms with van der Waals surface area (Å²) in [7, 11) is -3.88. The second-order valence-electron chi connectivity index (χ2n) is 10.0. The average molecular weight is 476 g/mol. The van der Waals surface area contributed by atoms with E-state index in [9.17, 15) is 14.7 Å². The van der Waals surface area contributed by atoms with Crippen LogP contribution in [0.25, 0.3) is 0 Å². The molecule has 3 atom stereocenters. The molecule has 7 nitrogen and oxygen atoms in total. The minimum atomic E-state index is -1.66. The number of nitrogens with one attached hydrogen (secondary N) is 1. The molecule has 1 rings (SSSR count). The van der Waals surface area contributed by atoms with Crippen molar-refractivity contribution in [3.63, 3.8) is 0 Å². The Morgan fingerprint density at radius 3 is 2.30 bits per heavy atom. The molecule has 174 valence electrons. The van der Waals surface area contributed by atoms with Crippen LogP contribution in [0.5, 0.6) is 0 Å². The largest absolute Gasteiger partial charge is 0.458 e. The van der Waals surface area contributed by atoms with Crippen molar-refractivity contribution in [2.45, 2.75) is 89.1 Å². The Balaban J connectivity index is 2.49. The Bertz CT molecular complexity index is 560. The molecule has 0 aromatic carbocycles. The zero-order chi connectivity index (χ0) is 22.9. The zero-order valence-corrected chi connectivity index (χ0v) is 22.9. The van der Waals surface area contributed by atoms with E-state index < -0.39 is 50.2 Å². The fraction of sp³-hybridized carbons (Fsp3) is 0.800. The average Bonchev–Trinajstić information content (AvgIpc) is 2.59. The second-order valence-corrected chi connectivity index (χ2v) is 20.9. The highest BCUT2D eigenvalue weighted by Crippen LogP contribution is 2.30. The summed E-state index contributed by atoms with van der Waals surface area (Å²) in [5.41, 5.74) is 0. The lowest BCUT2D eigenvalue weighted by molar-refractivity contribution is -0.158. The highest BCUT2D eigenvalue weighted by atomic mass is 28.4. The zero-order valence-electron chi connectivity index (χ0n) is 19.5. The van der Waals surface area contributed by atoms with E-state index in [1.54, 1.807) is 0 Å². The van der Waals surface area contributed by atoms with Gasteiger partial charge in [-0.3, -0.25) is 9.59 Å². The summed E-state index contributed by atoms with van der Waals surface area (Å²) in [4.78, 5) is 23.1. The Morgan fingerprint density at radius 1 is 1.17 bits per heavy atom.